The minimum Gasteiger partial charge on any atom is -0.486 e. The van der Waals surface area contributed by atoms with Crippen LogP contribution in [0.4, 0.5) is 14.9 Å². The van der Waals surface area contributed by atoms with Crippen LogP contribution in [0.15, 0.2) is 36.5 Å². The number of aromatic nitrogens is 2. The number of amides is 1. The molecule has 2 aliphatic rings. The fraction of sp³-hybridized carbons (Fsp3) is 0.400. The van der Waals surface area contributed by atoms with Crippen molar-refractivity contribution in [1.82, 2.24) is 9.97 Å². The molecule has 0 spiro atoms. The van der Waals surface area contributed by atoms with Crippen molar-refractivity contribution in [3.8, 4) is 17.4 Å². The third-order valence-corrected chi connectivity index (χ3v) is 6.19. The van der Waals surface area contributed by atoms with Crippen LogP contribution >= 0.6 is 0 Å². The molecule has 5 rings (SSSR count). The Morgan fingerprint density at radius 2 is 2.03 bits per heavy atom. The first kappa shape index (κ1) is 23.1. The molecular formula is C25H26FN3O6. The normalized spacial score (nSPS) is 18.0. The molecule has 2 aliphatic heterocycles. The van der Waals surface area contributed by atoms with Gasteiger partial charge < -0.3 is 24.1 Å². The number of cyclic esters (lactones) is 1. The van der Waals surface area contributed by atoms with Crippen molar-refractivity contribution >= 4 is 22.8 Å². The number of carbonyl (C=O) groups excluding carboxylic acids is 1. The summed E-state index contributed by atoms with van der Waals surface area (Å²) in [5.74, 6) is 0.992. The summed E-state index contributed by atoms with van der Waals surface area (Å²) in [7, 11) is 1.47. The summed E-state index contributed by atoms with van der Waals surface area (Å²) >= 11 is 0. The fourth-order valence-corrected chi connectivity index (χ4v) is 4.41. The monoisotopic (exact) mass is 483 g/mol. The lowest BCUT2D eigenvalue weighted by atomic mass is 10.0. The number of ether oxygens (including phenoxy) is 4. The number of halogens is 1. The van der Waals surface area contributed by atoms with Crippen LogP contribution in [-0.2, 0) is 4.74 Å². The van der Waals surface area contributed by atoms with Crippen LogP contribution in [0.1, 0.15) is 37.4 Å². The number of fused-ring (bicyclic) bond motifs is 2. The van der Waals surface area contributed by atoms with Crippen molar-refractivity contribution in [2.24, 2.45) is 0 Å². The van der Waals surface area contributed by atoms with Crippen LogP contribution in [0.2, 0.25) is 0 Å². The smallest absolute Gasteiger partial charge is 0.414 e. The molecule has 3 aromatic rings. The highest BCUT2D eigenvalue weighted by molar-refractivity contribution is 5.90. The van der Waals surface area contributed by atoms with E-state index in [2.05, 4.69) is 9.97 Å². The lowest BCUT2D eigenvalue weighted by Gasteiger charge is -2.21. The summed E-state index contributed by atoms with van der Waals surface area (Å²) in [6.45, 7) is 1.40. The van der Waals surface area contributed by atoms with Crippen LogP contribution in [0.25, 0.3) is 11.0 Å². The SMILES string of the molecule is COc1ccc2ncc(F)c([C@H](O)CCCC[C@H]3CN(c4ccc5c(c4)OCCO5)C(=O)O3)c2n1. The van der Waals surface area contributed by atoms with Crippen molar-refractivity contribution < 1.29 is 33.2 Å². The molecule has 1 saturated heterocycles. The maximum absolute atomic E-state index is 14.5. The molecule has 0 saturated carbocycles. The first-order valence-electron chi connectivity index (χ1n) is 11.6. The minimum atomic E-state index is -1.04. The summed E-state index contributed by atoms with van der Waals surface area (Å²) in [6, 6.07) is 8.70. The Bertz CT molecular complexity index is 1240. The predicted octanol–water partition coefficient (Wildman–Crippen LogP) is 4.17. The third kappa shape index (κ3) is 4.79. The van der Waals surface area contributed by atoms with Crippen molar-refractivity contribution in [3.63, 3.8) is 0 Å². The zero-order chi connectivity index (χ0) is 24.4. The van der Waals surface area contributed by atoms with Gasteiger partial charge in [-0.2, -0.15) is 0 Å². The van der Waals surface area contributed by atoms with Crippen molar-refractivity contribution in [2.45, 2.75) is 37.9 Å². The Hall–Kier alpha value is -3.66. The molecule has 1 N–H and O–H groups in total. The summed E-state index contributed by atoms with van der Waals surface area (Å²) in [6.07, 6.45) is 1.67. The molecule has 0 bridgehead atoms. The molecular weight excluding hydrogens is 457 g/mol. The van der Waals surface area contributed by atoms with Crippen LogP contribution in [0, 0.1) is 5.82 Å². The van der Waals surface area contributed by atoms with E-state index in [-0.39, 0.29) is 17.2 Å². The largest absolute Gasteiger partial charge is 0.486 e. The second-order valence-electron chi connectivity index (χ2n) is 8.49. The second-order valence-corrected chi connectivity index (χ2v) is 8.49. The Morgan fingerprint density at radius 1 is 1.20 bits per heavy atom. The van der Waals surface area contributed by atoms with Crippen molar-refractivity contribution in [3.05, 3.63) is 47.9 Å². The highest BCUT2D eigenvalue weighted by Gasteiger charge is 2.32. The van der Waals surface area contributed by atoms with E-state index < -0.39 is 18.0 Å². The Morgan fingerprint density at radius 3 is 2.86 bits per heavy atom. The van der Waals surface area contributed by atoms with E-state index in [0.29, 0.717) is 74.0 Å². The Balaban J connectivity index is 1.16. The van der Waals surface area contributed by atoms with Gasteiger partial charge in [0, 0.05) is 17.7 Å². The van der Waals surface area contributed by atoms with E-state index in [1.165, 1.54) is 7.11 Å². The molecule has 1 aromatic carbocycles. The van der Waals surface area contributed by atoms with E-state index in [0.717, 1.165) is 6.20 Å². The molecule has 10 heteroatoms. The number of methoxy groups -OCH3 is 1. The number of unbranched alkanes of at least 4 members (excludes halogenated alkanes) is 1. The molecule has 1 amide bonds. The summed E-state index contributed by atoms with van der Waals surface area (Å²) in [5, 5.41) is 10.7. The maximum atomic E-state index is 14.5. The van der Waals surface area contributed by atoms with E-state index in [1.54, 1.807) is 29.2 Å². The Labute approximate surface area is 201 Å². The summed E-state index contributed by atoms with van der Waals surface area (Å²) in [5.41, 5.74) is 1.58. The van der Waals surface area contributed by atoms with Gasteiger partial charge in [0.1, 0.15) is 30.7 Å². The summed E-state index contributed by atoms with van der Waals surface area (Å²) < 4.78 is 36.3. The number of anilines is 1. The van der Waals surface area contributed by atoms with Gasteiger partial charge in [0.25, 0.3) is 0 Å². The van der Waals surface area contributed by atoms with Gasteiger partial charge in [0.2, 0.25) is 5.88 Å². The Kier molecular flexibility index (Phi) is 6.54. The molecule has 4 heterocycles. The minimum absolute atomic E-state index is 0.117. The fourth-order valence-electron chi connectivity index (χ4n) is 4.41. The molecule has 0 aliphatic carbocycles. The van der Waals surface area contributed by atoms with Gasteiger partial charge >= 0.3 is 6.09 Å². The van der Waals surface area contributed by atoms with Crippen LogP contribution in [0.3, 0.4) is 0 Å². The van der Waals surface area contributed by atoms with Gasteiger partial charge in [-0.25, -0.2) is 14.2 Å². The number of aliphatic hydroxyl groups is 1. The first-order chi connectivity index (χ1) is 17.0. The quantitative estimate of drug-likeness (QED) is 0.476. The number of pyridine rings is 2. The number of rotatable bonds is 8. The molecule has 2 aromatic heterocycles. The van der Waals surface area contributed by atoms with Crippen molar-refractivity contribution in [2.75, 3.05) is 31.8 Å². The van der Waals surface area contributed by atoms with E-state index in [1.807, 2.05) is 6.07 Å². The van der Waals surface area contributed by atoms with E-state index in [9.17, 15) is 14.3 Å². The van der Waals surface area contributed by atoms with Gasteiger partial charge in [-0.05, 0) is 37.5 Å². The third-order valence-electron chi connectivity index (χ3n) is 6.19. The molecule has 184 valence electrons. The topological polar surface area (TPSA) is 103 Å². The average molecular weight is 483 g/mol. The van der Waals surface area contributed by atoms with Gasteiger partial charge in [-0.1, -0.05) is 6.42 Å². The second kappa shape index (κ2) is 9.91. The van der Waals surface area contributed by atoms with E-state index >= 15 is 0 Å². The molecule has 1 fully saturated rings. The van der Waals surface area contributed by atoms with Gasteiger partial charge in [0.05, 0.1) is 37.2 Å². The zero-order valence-electron chi connectivity index (χ0n) is 19.3. The highest BCUT2D eigenvalue weighted by Crippen LogP contribution is 2.36. The number of hydrogen-bond acceptors (Lipinski definition) is 8. The first-order valence-corrected chi connectivity index (χ1v) is 11.6. The lowest BCUT2D eigenvalue weighted by Crippen LogP contribution is -2.25. The number of nitrogens with zero attached hydrogens (tertiary/aromatic N) is 3. The lowest BCUT2D eigenvalue weighted by molar-refractivity contribution is 0.130. The molecule has 0 unspecified atom stereocenters. The number of carbonyl (C=O) groups is 1. The molecule has 0 radical (unpaired) electrons. The van der Waals surface area contributed by atoms with Gasteiger partial charge in [0.15, 0.2) is 11.5 Å². The van der Waals surface area contributed by atoms with Crippen LogP contribution in [0.5, 0.6) is 17.4 Å². The number of benzene rings is 1. The van der Waals surface area contributed by atoms with Crippen molar-refractivity contribution in [1.29, 1.82) is 0 Å². The number of aliphatic hydroxyl groups excluding tert-OH is 1. The van der Waals surface area contributed by atoms with Gasteiger partial charge in [-0.15, -0.1) is 0 Å². The van der Waals surface area contributed by atoms with Crippen LogP contribution < -0.4 is 19.1 Å². The summed E-state index contributed by atoms with van der Waals surface area (Å²) in [4.78, 5) is 22.3. The number of hydrogen-bond donors (Lipinski definition) is 1. The molecule has 35 heavy (non-hydrogen) atoms. The highest BCUT2D eigenvalue weighted by atomic mass is 19.1. The molecule has 2 atom stereocenters. The maximum Gasteiger partial charge on any atom is 0.414 e. The standard InChI is InChI=1S/C25H26FN3O6/c1-32-22-9-7-18-24(28-22)23(17(26)13-27-18)19(30)5-3-2-4-16-14-29(25(31)35-16)15-6-8-20-21(12-15)34-11-10-33-20/h6-9,12-13,16,19,30H,2-5,10-11,14H2,1H3/t16-,19+/m0/s1. The zero-order valence-corrected chi connectivity index (χ0v) is 19.3. The predicted molar refractivity (Wildman–Crippen MR) is 125 cm³/mol. The average Bonchev–Trinajstić information content (AvgIpc) is 3.25. The van der Waals surface area contributed by atoms with E-state index in [4.69, 9.17) is 18.9 Å². The van der Waals surface area contributed by atoms with Crippen LogP contribution in [-0.4, -0.2) is 54.1 Å². The van der Waals surface area contributed by atoms with Gasteiger partial charge in [-0.3, -0.25) is 9.88 Å². The molecule has 9 nitrogen and oxygen atoms in total.